The predicted molar refractivity (Wildman–Crippen MR) is 87.1 cm³/mol. The van der Waals surface area contributed by atoms with Gasteiger partial charge in [0, 0.05) is 16.2 Å². The van der Waals surface area contributed by atoms with Gasteiger partial charge in [0.15, 0.2) is 0 Å². The van der Waals surface area contributed by atoms with Crippen molar-refractivity contribution in [2.45, 2.75) is 6.42 Å². The number of fused-ring (bicyclic) bond motifs is 2. The zero-order valence-corrected chi connectivity index (χ0v) is 12.2. The van der Waals surface area contributed by atoms with Crippen molar-refractivity contribution in [2.75, 3.05) is 0 Å². The van der Waals surface area contributed by atoms with Gasteiger partial charge in [-0.15, -0.1) is 0 Å². The standard InChI is InChI=1S/C18H10BrN/c19-13-7-10-1-2-12-9-16-14(5-6-20-16)15-4-3-11(8-13)17(10)18(12)15/h1,3-9H,2H2. The first-order chi connectivity index (χ1) is 9.81. The molecule has 20 heavy (non-hydrogen) atoms. The minimum absolute atomic E-state index is 0.988. The van der Waals surface area contributed by atoms with Crippen LogP contribution in [0.25, 0.3) is 33.7 Å². The van der Waals surface area contributed by atoms with E-state index in [0.29, 0.717) is 0 Å². The van der Waals surface area contributed by atoms with Crippen LogP contribution in [-0.2, 0) is 6.42 Å². The third-order valence-corrected chi connectivity index (χ3v) is 4.77. The van der Waals surface area contributed by atoms with Gasteiger partial charge in [0.1, 0.15) is 0 Å². The highest BCUT2D eigenvalue weighted by atomic mass is 79.9. The summed E-state index contributed by atoms with van der Waals surface area (Å²) in [7, 11) is 0. The average molecular weight is 320 g/mol. The lowest BCUT2D eigenvalue weighted by molar-refractivity contribution is 1.30. The van der Waals surface area contributed by atoms with Crippen LogP contribution in [0.1, 0.15) is 11.1 Å². The fraction of sp³-hybridized carbons (Fsp3) is 0.0556. The third kappa shape index (κ3) is 1.25. The van der Waals surface area contributed by atoms with E-state index < -0.39 is 0 Å². The topological polar surface area (TPSA) is 12.4 Å². The SMILES string of the molecule is Brc1cc2c3c(ccc4c5c(cc(c43)CC=2)=NC=C5)c1. The Morgan fingerprint density at radius 2 is 2.00 bits per heavy atom. The Bertz CT molecular complexity index is 1070. The molecule has 0 aromatic heterocycles. The van der Waals surface area contributed by atoms with Crippen LogP contribution in [0.4, 0.5) is 0 Å². The predicted octanol–water partition coefficient (Wildman–Crippen LogP) is 3.70. The van der Waals surface area contributed by atoms with E-state index in [4.69, 9.17) is 0 Å². The van der Waals surface area contributed by atoms with Crippen LogP contribution in [0, 0.1) is 0 Å². The van der Waals surface area contributed by atoms with E-state index in [1.807, 2.05) is 6.20 Å². The maximum absolute atomic E-state index is 4.47. The second-order valence-corrected chi connectivity index (χ2v) is 6.32. The van der Waals surface area contributed by atoms with Gasteiger partial charge in [0.25, 0.3) is 0 Å². The average Bonchev–Trinajstić information content (AvgIpc) is 2.91. The molecule has 0 N–H and O–H groups in total. The zero-order chi connectivity index (χ0) is 13.3. The van der Waals surface area contributed by atoms with Crippen molar-refractivity contribution in [2.24, 2.45) is 4.99 Å². The second kappa shape index (κ2) is 3.58. The Morgan fingerprint density at radius 3 is 2.95 bits per heavy atom. The smallest absolute Gasteiger partial charge is 0.0711 e. The van der Waals surface area contributed by atoms with Crippen molar-refractivity contribution in [3.63, 3.8) is 0 Å². The summed E-state index contributed by atoms with van der Waals surface area (Å²) in [5, 5.41) is 7.88. The molecule has 0 saturated heterocycles. The molecule has 1 heterocycles. The largest absolute Gasteiger partial charge is 0.256 e. The zero-order valence-electron chi connectivity index (χ0n) is 10.7. The van der Waals surface area contributed by atoms with Crippen molar-refractivity contribution < 1.29 is 0 Å². The van der Waals surface area contributed by atoms with Gasteiger partial charge in [0.05, 0.1) is 5.36 Å². The minimum Gasteiger partial charge on any atom is -0.256 e. The Hall–Kier alpha value is -1.93. The normalized spacial score (nSPS) is 14.7. The molecule has 0 spiro atoms. The summed E-state index contributed by atoms with van der Waals surface area (Å²) in [6.45, 7) is 0. The Balaban J connectivity index is 2.17. The van der Waals surface area contributed by atoms with Crippen LogP contribution in [0.3, 0.4) is 0 Å². The molecule has 0 atom stereocenters. The summed E-state index contributed by atoms with van der Waals surface area (Å²) >= 11 is 3.61. The molecule has 2 aliphatic rings. The van der Waals surface area contributed by atoms with Crippen molar-refractivity contribution in [3.8, 4) is 0 Å². The van der Waals surface area contributed by atoms with Crippen molar-refractivity contribution in [1.82, 2.24) is 0 Å². The van der Waals surface area contributed by atoms with Crippen molar-refractivity contribution in [1.29, 1.82) is 0 Å². The van der Waals surface area contributed by atoms with Gasteiger partial charge < -0.3 is 0 Å². The number of nitrogens with zero attached hydrogens (tertiary/aromatic N) is 1. The number of rotatable bonds is 0. The molecule has 5 rings (SSSR count). The fourth-order valence-corrected chi connectivity index (χ4v) is 3.98. The molecule has 1 aliphatic carbocycles. The molecule has 0 amide bonds. The van der Waals surface area contributed by atoms with Gasteiger partial charge in [-0.2, -0.15) is 0 Å². The molecule has 94 valence electrons. The lowest BCUT2D eigenvalue weighted by atomic mass is 9.89. The lowest BCUT2D eigenvalue weighted by Crippen LogP contribution is -2.13. The van der Waals surface area contributed by atoms with Gasteiger partial charge in [-0.1, -0.05) is 34.1 Å². The molecule has 1 nitrogen and oxygen atoms in total. The van der Waals surface area contributed by atoms with Crippen LogP contribution >= 0.6 is 15.9 Å². The summed E-state index contributed by atoms with van der Waals surface area (Å²) in [6.07, 6.45) is 7.34. The van der Waals surface area contributed by atoms with Crippen molar-refractivity contribution in [3.05, 3.63) is 62.7 Å². The first-order valence-corrected chi connectivity index (χ1v) is 7.53. The van der Waals surface area contributed by atoms with Gasteiger partial charge in [-0.3, -0.25) is 4.99 Å². The van der Waals surface area contributed by atoms with Crippen LogP contribution < -0.4 is 10.6 Å². The summed E-state index contributed by atoms with van der Waals surface area (Å²) in [4.78, 5) is 4.47. The molecule has 3 aromatic rings. The molecular weight excluding hydrogens is 310 g/mol. The summed E-state index contributed by atoms with van der Waals surface area (Å²) in [5.74, 6) is 0. The Kier molecular flexibility index (Phi) is 1.94. The molecule has 0 bridgehead atoms. The van der Waals surface area contributed by atoms with E-state index in [9.17, 15) is 0 Å². The second-order valence-electron chi connectivity index (χ2n) is 5.40. The summed E-state index contributed by atoms with van der Waals surface area (Å²) in [6, 6.07) is 11.1. The Morgan fingerprint density at radius 1 is 1.05 bits per heavy atom. The fourth-order valence-electron chi connectivity index (χ4n) is 3.49. The first kappa shape index (κ1) is 10.8. The quantitative estimate of drug-likeness (QED) is 0.560. The number of benzene rings is 3. The third-order valence-electron chi connectivity index (χ3n) is 4.31. The van der Waals surface area contributed by atoms with Gasteiger partial charge in [-0.25, -0.2) is 0 Å². The minimum atomic E-state index is 0.988. The highest BCUT2D eigenvalue weighted by molar-refractivity contribution is 9.10. The molecule has 0 unspecified atom stereocenters. The van der Waals surface area contributed by atoms with Gasteiger partial charge in [0.2, 0.25) is 0 Å². The van der Waals surface area contributed by atoms with E-state index in [2.05, 4.69) is 63.4 Å². The monoisotopic (exact) mass is 319 g/mol. The van der Waals surface area contributed by atoms with E-state index >= 15 is 0 Å². The van der Waals surface area contributed by atoms with Crippen LogP contribution in [0.5, 0.6) is 0 Å². The molecular formula is C18H10BrN. The van der Waals surface area contributed by atoms with Gasteiger partial charge in [-0.05, 0) is 63.0 Å². The molecule has 0 radical (unpaired) electrons. The van der Waals surface area contributed by atoms with E-state index in [1.165, 1.54) is 37.9 Å². The number of halogens is 1. The maximum Gasteiger partial charge on any atom is 0.0711 e. The van der Waals surface area contributed by atoms with E-state index in [0.717, 1.165) is 16.3 Å². The summed E-state index contributed by atoms with van der Waals surface area (Å²) in [5.41, 5.74) is 2.66. The molecule has 2 heteroatoms. The number of hydrogen-bond donors (Lipinski definition) is 0. The molecule has 1 aliphatic heterocycles. The van der Waals surface area contributed by atoms with Crippen LogP contribution in [0.15, 0.2) is 46.0 Å². The highest BCUT2D eigenvalue weighted by Crippen LogP contribution is 2.32. The Labute approximate surface area is 124 Å². The molecule has 0 fully saturated rings. The first-order valence-electron chi connectivity index (χ1n) is 6.74. The maximum atomic E-state index is 4.47. The summed E-state index contributed by atoms with van der Waals surface area (Å²) < 4.78 is 1.15. The number of hydrogen-bond acceptors (Lipinski definition) is 1. The van der Waals surface area contributed by atoms with E-state index in [-0.39, 0.29) is 0 Å². The lowest BCUT2D eigenvalue weighted by Gasteiger charge is -2.15. The van der Waals surface area contributed by atoms with E-state index in [1.54, 1.807) is 0 Å². The molecule has 3 aromatic carbocycles. The van der Waals surface area contributed by atoms with Crippen LogP contribution in [-0.4, -0.2) is 0 Å². The van der Waals surface area contributed by atoms with Gasteiger partial charge >= 0.3 is 0 Å². The highest BCUT2D eigenvalue weighted by Gasteiger charge is 2.15. The van der Waals surface area contributed by atoms with Crippen LogP contribution in [0.2, 0.25) is 0 Å². The molecule has 0 saturated carbocycles. The van der Waals surface area contributed by atoms with Crippen molar-refractivity contribution >= 4 is 49.6 Å².